The zero-order valence-electron chi connectivity index (χ0n) is 29.1. The standard InChI is InChI=1S/C39H45FN4O5/c1-7-15-30(20-14-21-40)23-44-36(45)29(3)35(49-26-32-18-12-9-13-19-32)38(47)43-27-39(4,5)33(48-25-31-16-10-8-11-17-31)24-42(6)37(46)34(43)28(2)22-41-44/h7-22,33H,23-27H2,1-6H3/b15-7-,21-14+,30-20+,34-28?,35-29?,41-22?. The van der Waals surface area contributed by atoms with Crippen molar-refractivity contribution in [3.8, 4) is 5.75 Å². The van der Waals surface area contributed by atoms with Crippen molar-refractivity contribution < 1.29 is 18.7 Å². The maximum Gasteiger partial charge on any atom is 0.294 e. The fourth-order valence-corrected chi connectivity index (χ4v) is 5.63. The Morgan fingerprint density at radius 3 is 2.22 bits per heavy atom. The van der Waals surface area contributed by atoms with Crippen molar-refractivity contribution in [1.82, 2.24) is 19.2 Å². The predicted octanol–water partition coefficient (Wildman–Crippen LogP) is 6.41. The third kappa shape index (κ3) is 9.29. The number of fused-ring (bicyclic) bond motifs is 1. The molecule has 0 radical (unpaired) electrons. The molecule has 1 unspecified atom stereocenters. The van der Waals surface area contributed by atoms with Gasteiger partial charge in [0.05, 0.1) is 37.3 Å². The first-order chi connectivity index (χ1) is 23.5. The largest absolute Gasteiger partial charge is 0.483 e. The van der Waals surface area contributed by atoms with Crippen molar-refractivity contribution in [2.75, 3.05) is 13.6 Å². The number of carbonyl (C=O) groups excluding carboxylic acids is 1. The molecule has 1 aliphatic heterocycles. The van der Waals surface area contributed by atoms with Crippen molar-refractivity contribution in [2.45, 2.75) is 67.0 Å². The maximum absolute atomic E-state index is 14.8. The molecule has 10 heteroatoms. The number of rotatable bonds is 10. The Labute approximate surface area is 286 Å². The molecule has 1 atom stereocenters. The van der Waals surface area contributed by atoms with Gasteiger partial charge in [0.25, 0.3) is 17.0 Å². The fraction of sp³-hybridized carbons (Fsp3) is 0.333. The van der Waals surface area contributed by atoms with Crippen molar-refractivity contribution >= 4 is 5.91 Å². The molecule has 0 aliphatic carbocycles. The van der Waals surface area contributed by atoms with Crippen molar-refractivity contribution in [1.29, 1.82) is 0 Å². The van der Waals surface area contributed by atoms with Crippen LogP contribution in [0.5, 0.6) is 5.75 Å². The van der Waals surface area contributed by atoms with E-state index in [1.165, 1.54) is 34.5 Å². The van der Waals surface area contributed by atoms with Crippen LogP contribution < -0.4 is 15.9 Å². The van der Waals surface area contributed by atoms with Gasteiger partial charge in [-0.05, 0) is 49.1 Å². The Morgan fingerprint density at radius 1 is 0.980 bits per heavy atom. The number of carbonyl (C=O) groups is 1. The third-order valence-electron chi connectivity index (χ3n) is 8.41. The number of halogens is 1. The second kappa shape index (κ2) is 16.8. The van der Waals surface area contributed by atoms with Gasteiger partial charge in [0.1, 0.15) is 12.3 Å². The highest BCUT2D eigenvalue weighted by Crippen LogP contribution is 2.30. The van der Waals surface area contributed by atoms with E-state index in [1.807, 2.05) is 74.5 Å². The summed E-state index contributed by atoms with van der Waals surface area (Å²) < 4.78 is 28.1. The summed E-state index contributed by atoms with van der Waals surface area (Å²) in [6.07, 6.45) is 7.62. The van der Waals surface area contributed by atoms with E-state index in [9.17, 15) is 18.8 Å². The highest BCUT2D eigenvalue weighted by molar-refractivity contribution is 5.93. The second-order valence-electron chi connectivity index (χ2n) is 12.8. The molecule has 9 nitrogen and oxygen atoms in total. The average molecular weight is 669 g/mol. The SMILES string of the molecule is C\C=C/C(=C\C=C\F)Cn1ncc(C)c2n(c(=O)c(OCc3ccccc3)c(C)c1=O)CC(C)(C)C(OCc1ccccc1)CN(C)C2=O. The van der Waals surface area contributed by atoms with E-state index in [0.29, 0.717) is 24.1 Å². The fourth-order valence-electron chi connectivity index (χ4n) is 5.63. The molecule has 2 heterocycles. The minimum atomic E-state index is -0.656. The zero-order chi connectivity index (χ0) is 35.6. The molecule has 258 valence electrons. The lowest BCUT2D eigenvalue weighted by Crippen LogP contribution is -2.50. The number of aryl methyl sites for hydroxylation is 1. The second-order valence-corrected chi connectivity index (χ2v) is 12.8. The highest BCUT2D eigenvalue weighted by atomic mass is 19.1. The summed E-state index contributed by atoms with van der Waals surface area (Å²) in [5.74, 6) is -0.600. The Balaban J connectivity index is 1.99. The first-order valence-corrected chi connectivity index (χ1v) is 16.2. The summed E-state index contributed by atoms with van der Waals surface area (Å²) in [6, 6.07) is 19.1. The molecular formula is C39H45FN4O5. The number of nitrogens with zero attached hydrogens (tertiary/aromatic N) is 4. The van der Waals surface area contributed by atoms with E-state index in [4.69, 9.17) is 9.47 Å². The van der Waals surface area contributed by atoms with E-state index in [2.05, 4.69) is 5.10 Å². The minimum absolute atomic E-state index is 0.00669. The summed E-state index contributed by atoms with van der Waals surface area (Å²) in [6.45, 7) is 9.67. The molecule has 0 saturated heterocycles. The Morgan fingerprint density at radius 2 is 1.61 bits per heavy atom. The van der Waals surface area contributed by atoms with Gasteiger partial charge in [-0.1, -0.05) is 92.7 Å². The van der Waals surface area contributed by atoms with Gasteiger partial charge in [0, 0.05) is 25.6 Å². The maximum atomic E-state index is 14.8. The Hall–Kier alpha value is -5.09. The number of ether oxygens (including phenoxy) is 2. The summed E-state index contributed by atoms with van der Waals surface area (Å²) >= 11 is 0. The summed E-state index contributed by atoms with van der Waals surface area (Å²) in [5, 5.41) is 4.51. The van der Waals surface area contributed by atoms with Crippen LogP contribution in [0.25, 0.3) is 0 Å². The van der Waals surface area contributed by atoms with E-state index in [1.54, 1.807) is 37.9 Å². The number of hydrogen-bond donors (Lipinski definition) is 0. The molecule has 0 bridgehead atoms. The molecule has 0 N–H and O–H groups in total. The van der Waals surface area contributed by atoms with Crippen LogP contribution in [0.3, 0.4) is 0 Å². The number of allylic oxidation sites excluding steroid dienone is 5. The lowest BCUT2D eigenvalue weighted by molar-refractivity contribution is -0.0573. The van der Waals surface area contributed by atoms with Gasteiger partial charge in [-0.25, -0.2) is 9.07 Å². The molecule has 0 spiro atoms. The van der Waals surface area contributed by atoms with Gasteiger partial charge in [-0.15, -0.1) is 0 Å². The summed E-state index contributed by atoms with van der Waals surface area (Å²) in [4.78, 5) is 44.7. The van der Waals surface area contributed by atoms with E-state index >= 15 is 0 Å². The minimum Gasteiger partial charge on any atom is -0.483 e. The van der Waals surface area contributed by atoms with Crippen molar-refractivity contribution in [2.24, 2.45) is 5.41 Å². The van der Waals surface area contributed by atoms with Crippen LogP contribution in [-0.4, -0.2) is 44.9 Å². The molecule has 3 aromatic rings. The van der Waals surface area contributed by atoms with Crippen LogP contribution in [0.2, 0.25) is 0 Å². The van der Waals surface area contributed by atoms with Gasteiger partial charge in [-0.3, -0.25) is 19.0 Å². The molecule has 1 aromatic heterocycles. The monoisotopic (exact) mass is 668 g/mol. The third-order valence-corrected chi connectivity index (χ3v) is 8.41. The van der Waals surface area contributed by atoms with Crippen LogP contribution >= 0.6 is 0 Å². The first-order valence-electron chi connectivity index (χ1n) is 16.2. The number of amides is 1. The van der Waals surface area contributed by atoms with Crippen LogP contribution in [0.1, 0.15) is 53.5 Å². The van der Waals surface area contributed by atoms with E-state index in [0.717, 1.165) is 11.1 Å². The van der Waals surface area contributed by atoms with Gasteiger partial charge in [-0.2, -0.15) is 5.10 Å². The van der Waals surface area contributed by atoms with Crippen molar-refractivity contribution in [3.63, 3.8) is 0 Å². The highest BCUT2D eigenvalue weighted by Gasteiger charge is 2.37. The van der Waals surface area contributed by atoms with Crippen LogP contribution in [0, 0.1) is 19.3 Å². The molecule has 1 aliphatic rings. The lowest BCUT2D eigenvalue weighted by atomic mass is 9.84. The summed E-state index contributed by atoms with van der Waals surface area (Å²) in [7, 11) is 1.68. The van der Waals surface area contributed by atoms with Gasteiger partial charge in [0.15, 0.2) is 5.75 Å². The normalized spacial score (nSPS) is 16.3. The zero-order valence-corrected chi connectivity index (χ0v) is 29.1. The van der Waals surface area contributed by atoms with Crippen LogP contribution in [0.4, 0.5) is 4.39 Å². The number of benzene rings is 2. The molecule has 0 saturated carbocycles. The van der Waals surface area contributed by atoms with E-state index in [-0.39, 0.29) is 43.2 Å². The van der Waals surface area contributed by atoms with E-state index < -0.39 is 28.5 Å². The van der Waals surface area contributed by atoms with Gasteiger partial charge in [0.2, 0.25) is 0 Å². The molecule has 49 heavy (non-hydrogen) atoms. The van der Waals surface area contributed by atoms with Gasteiger partial charge < -0.3 is 14.4 Å². The number of hydrogen-bond acceptors (Lipinski definition) is 6. The summed E-state index contributed by atoms with van der Waals surface area (Å²) in [5.41, 5.74) is 1.01. The first kappa shape index (κ1) is 36.7. The molecule has 1 amide bonds. The molecule has 4 rings (SSSR count). The molecule has 0 fully saturated rings. The Kier molecular flexibility index (Phi) is 12.6. The lowest BCUT2D eigenvalue weighted by Gasteiger charge is -2.40. The molecule has 2 aromatic carbocycles. The van der Waals surface area contributed by atoms with Crippen LogP contribution in [0.15, 0.2) is 113 Å². The van der Waals surface area contributed by atoms with Crippen LogP contribution in [-0.2, 0) is 31.0 Å². The molecular weight excluding hydrogens is 623 g/mol. The predicted molar refractivity (Wildman–Crippen MR) is 190 cm³/mol. The topological polar surface area (TPSA) is 95.7 Å². The average Bonchev–Trinajstić information content (AvgIpc) is 3.09. The smallest absolute Gasteiger partial charge is 0.294 e. The number of aromatic nitrogens is 3. The quantitative estimate of drug-likeness (QED) is 0.232. The number of likely N-dealkylation sites (N-methyl/N-ethyl adjacent to an activating group) is 1. The van der Waals surface area contributed by atoms with Gasteiger partial charge >= 0.3 is 0 Å². The van der Waals surface area contributed by atoms with Crippen molar-refractivity contribution in [3.05, 3.63) is 152 Å². The Bertz CT molecular complexity index is 1890.